The van der Waals surface area contributed by atoms with Gasteiger partial charge < -0.3 is 0 Å². The van der Waals surface area contributed by atoms with Crippen molar-refractivity contribution in [3.8, 4) is 0 Å². The monoisotopic (exact) mass is 216 g/mol. The molecule has 1 aromatic rings. The van der Waals surface area contributed by atoms with Crippen LogP contribution in [0.25, 0.3) is 0 Å². The lowest BCUT2D eigenvalue weighted by Crippen LogP contribution is -2.03. The van der Waals surface area contributed by atoms with Gasteiger partial charge in [0.25, 0.3) is 0 Å². The molecule has 7 heteroatoms. The number of oxime groups is 1. The SMILES string of the molecule is CC(=NOS(=O)(=O)O)c1ccccn1. The van der Waals surface area contributed by atoms with Gasteiger partial charge in [0.15, 0.2) is 0 Å². The number of aromatic nitrogens is 1. The summed E-state index contributed by atoms with van der Waals surface area (Å²) in [5.74, 6) is 0. The van der Waals surface area contributed by atoms with E-state index < -0.39 is 10.4 Å². The molecule has 0 atom stereocenters. The van der Waals surface area contributed by atoms with E-state index in [0.717, 1.165) is 0 Å². The zero-order chi connectivity index (χ0) is 10.6. The first-order chi connectivity index (χ1) is 6.49. The summed E-state index contributed by atoms with van der Waals surface area (Å²) in [4.78, 5) is 3.89. The van der Waals surface area contributed by atoms with E-state index in [9.17, 15) is 8.42 Å². The molecule has 6 nitrogen and oxygen atoms in total. The zero-order valence-corrected chi connectivity index (χ0v) is 8.10. The average molecular weight is 216 g/mol. The van der Waals surface area contributed by atoms with Crippen LogP contribution in [0.1, 0.15) is 12.6 Å². The fraction of sp³-hybridized carbons (Fsp3) is 0.143. The van der Waals surface area contributed by atoms with Crippen molar-refractivity contribution in [2.24, 2.45) is 5.16 Å². The van der Waals surface area contributed by atoms with Crippen molar-refractivity contribution < 1.29 is 17.3 Å². The van der Waals surface area contributed by atoms with Gasteiger partial charge in [-0.15, -0.1) is 0 Å². The predicted octanol–water partition coefficient (Wildman–Crippen LogP) is 0.625. The fourth-order valence-corrected chi connectivity index (χ4v) is 0.933. The van der Waals surface area contributed by atoms with E-state index >= 15 is 0 Å². The zero-order valence-electron chi connectivity index (χ0n) is 7.28. The highest BCUT2D eigenvalue weighted by atomic mass is 32.3. The van der Waals surface area contributed by atoms with Gasteiger partial charge in [0, 0.05) is 6.20 Å². The number of hydrogen-bond donors (Lipinski definition) is 1. The summed E-state index contributed by atoms with van der Waals surface area (Å²) in [7, 11) is -4.54. The number of rotatable bonds is 3. The van der Waals surface area contributed by atoms with Crippen LogP contribution in [0.15, 0.2) is 29.6 Å². The molecule has 0 fully saturated rings. The topological polar surface area (TPSA) is 88.8 Å². The number of pyridine rings is 1. The maximum atomic E-state index is 10.2. The molecule has 0 aromatic carbocycles. The molecule has 0 unspecified atom stereocenters. The maximum absolute atomic E-state index is 10.2. The first kappa shape index (κ1) is 10.6. The van der Waals surface area contributed by atoms with Crippen LogP contribution in [0.2, 0.25) is 0 Å². The molecule has 0 saturated carbocycles. The molecule has 0 radical (unpaired) electrons. The van der Waals surface area contributed by atoms with Crippen molar-refractivity contribution in [1.29, 1.82) is 0 Å². The molecule has 0 saturated heterocycles. The lowest BCUT2D eigenvalue weighted by Gasteiger charge is -1.97. The van der Waals surface area contributed by atoms with Gasteiger partial charge in [-0.2, -0.15) is 8.42 Å². The first-order valence-electron chi connectivity index (χ1n) is 3.61. The Labute approximate surface area is 81.2 Å². The second kappa shape index (κ2) is 4.16. The Morgan fingerprint density at radius 2 is 2.29 bits per heavy atom. The molecule has 0 spiro atoms. The van der Waals surface area contributed by atoms with Crippen molar-refractivity contribution in [3.05, 3.63) is 30.1 Å². The highest BCUT2D eigenvalue weighted by Crippen LogP contribution is 1.98. The van der Waals surface area contributed by atoms with Crippen molar-refractivity contribution in [2.45, 2.75) is 6.92 Å². The molecule has 0 aliphatic rings. The minimum absolute atomic E-state index is 0.253. The largest absolute Gasteiger partial charge is 0.466 e. The third-order valence-corrected chi connectivity index (χ3v) is 1.57. The maximum Gasteiger partial charge on any atom is 0.466 e. The van der Waals surface area contributed by atoms with Crippen LogP contribution in [0, 0.1) is 0 Å². The lowest BCUT2D eigenvalue weighted by molar-refractivity contribution is 0.282. The van der Waals surface area contributed by atoms with Crippen molar-refractivity contribution in [1.82, 2.24) is 4.98 Å². The lowest BCUT2D eigenvalue weighted by atomic mass is 10.3. The van der Waals surface area contributed by atoms with Crippen LogP contribution in [-0.2, 0) is 14.7 Å². The Bertz CT molecular complexity index is 426. The van der Waals surface area contributed by atoms with Gasteiger partial charge in [0.05, 0.1) is 5.69 Å². The molecule has 0 amide bonds. The van der Waals surface area contributed by atoms with Gasteiger partial charge in [0.1, 0.15) is 5.71 Å². The Morgan fingerprint density at radius 3 is 2.79 bits per heavy atom. The first-order valence-corrected chi connectivity index (χ1v) is 4.97. The number of nitrogens with zero attached hydrogens (tertiary/aromatic N) is 2. The Morgan fingerprint density at radius 1 is 1.57 bits per heavy atom. The van der Waals surface area contributed by atoms with Crippen LogP contribution < -0.4 is 0 Å². The molecule has 0 aliphatic heterocycles. The average Bonchev–Trinajstić information content (AvgIpc) is 2.14. The van der Waals surface area contributed by atoms with E-state index in [0.29, 0.717) is 5.69 Å². The summed E-state index contributed by atoms with van der Waals surface area (Å²) < 4.78 is 32.4. The third-order valence-electron chi connectivity index (χ3n) is 1.30. The molecule has 1 heterocycles. The van der Waals surface area contributed by atoms with Crippen molar-refractivity contribution in [3.63, 3.8) is 0 Å². The highest BCUT2D eigenvalue weighted by molar-refractivity contribution is 7.80. The molecular weight excluding hydrogens is 208 g/mol. The van der Waals surface area contributed by atoms with E-state index in [1.165, 1.54) is 13.1 Å². The molecule has 1 rings (SSSR count). The van der Waals surface area contributed by atoms with Gasteiger partial charge >= 0.3 is 10.4 Å². The second-order valence-electron chi connectivity index (χ2n) is 2.39. The van der Waals surface area contributed by atoms with Crippen LogP contribution in [0.3, 0.4) is 0 Å². The predicted molar refractivity (Wildman–Crippen MR) is 49.1 cm³/mol. The van der Waals surface area contributed by atoms with Crippen molar-refractivity contribution >= 4 is 16.1 Å². The van der Waals surface area contributed by atoms with E-state index in [1.807, 2.05) is 0 Å². The third kappa shape index (κ3) is 3.50. The Balaban J connectivity index is 2.81. The molecule has 14 heavy (non-hydrogen) atoms. The molecule has 0 aliphatic carbocycles. The summed E-state index contributed by atoms with van der Waals surface area (Å²) in [5, 5.41) is 3.18. The van der Waals surface area contributed by atoms with E-state index in [4.69, 9.17) is 4.55 Å². The van der Waals surface area contributed by atoms with E-state index in [-0.39, 0.29) is 5.71 Å². The minimum Gasteiger partial charge on any atom is -0.255 e. The van der Waals surface area contributed by atoms with Gasteiger partial charge in [-0.25, -0.2) is 4.28 Å². The van der Waals surface area contributed by atoms with Crippen LogP contribution in [-0.4, -0.2) is 23.7 Å². The number of hydrogen-bond acceptors (Lipinski definition) is 5. The second-order valence-corrected chi connectivity index (χ2v) is 3.40. The van der Waals surface area contributed by atoms with E-state index in [1.54, 1.807) is 18.2 Å². The van der Waals surface area contributed by atoms with Gasteiger partial charge in [-0.05, 0) is 19.1 Å². The molecule has 76 valence electrons. The van der Waals surface area contributed by atoms with Crippen LogP contribution >= 0.6 is 0 Å². The van der Waals surface area contributed by atoms with Crippen LogP contribution in [0.5, 0.6) is 0 Å². The highest BCUT2D eigenvalue weighted by Gasteiger charge is 2.04. The summed E-state index contributed by atoms with van der Waals surface area (Å²) >= 11 is 0. The molecule has 0 bridgehead atoms. The Hall–Kier alpha value is -1.47. The van der Waals surface area contributed by atoms with Gasteiger partial charge in [0.2, 0.25) is 0 Å². The summed E-state index contributed by atoms with van der Waals surface area (Å²) in [6.07, 6.45) is 1.53. The Kier molecular flexibility index (Phi) is 3.15. The van der Waals surface area contributed by atoms with Gasteiger partial charge in [-0.1, -0.05) is 11.2 Å². The fourth-order valence-electron chi connectivity index (χ4n) is 0.727. The summed E-state index contributed by atoms with van der Waals surface area (Å²) in [6.45, 7) is 1.51. The van der Waals surface area contributed by atoms with Crippen molar-refractivity contribution in [2.75, 3.05) is 0 Å². The molecule has 1 N–H and O–H groups in total. The quantitative estimate of drug-likeness (QED) is 0.454. The normalized spacial score (nSPS) is 12.6. The molecular formula is C7H8N2O4S. The molecule has 1 aromatic heterocycles. The van der Waals surface area contributed by atoms with Crippen LogP contribution in [0.4, 0.5) is 0 Å². The smallest absolute Gasteiger partial charge is 0.255 e. The van der Waals surface area contributed by atoms with Gasteiger partial charge in [-0.3, -0.25) is 9.54 Å². The summed E-state index contributed by atoms with van der Waals surface area (Å²) in [6, 6.07) is 5.06. The summed E-state index contributed by atoms with van der Waals surface area (Å²) in [5.41, 5.74) is 0.722. The minimum atomic E-state index is -4.54. The standard InChI is InChI=1S/C7H8N2O4S/c1-6(9-13-14(10,11)12)7-4-2-3-5-8-7/h2-5H,1H3,(H,10,11,12). The van der Waals surface area contributed by atoms with E-state index in [2.05, 4.69) is 14.4 Å².